The second-order valence-electron chi connectivity index (χ2n) is 5.20. The quantitative estimate of drug-likeness (QED) is 0.596. The van der Waals surface area contributed by atoms with Gasteiger partial charge in [-0.2, -0.15) is 13.1 Å². The van der Waals surface area contributed by atoms with Crippen molar-refractivity contribution < 1.29 is 26.7 Å². The Balaban J connectivity index is 2.29. The highest BCUT2D eigenvalue weighted by molar-refractivity contribution is 9.10. The molecule has 0 bridgehead atoms. The van der Waals surface area contributed by atoms with Crippen LogP contribution in [-0.2, 0) is 16.6 Å². The molecular weight excluding hydrogens is 456 g/mol. The summed E-state index contributed by atoms with van der Waals surface area (Å²) in [4.78, 5) is -0.0533. The van der Waals surface area contributed by atoms with Crippen LogP contribution in [0.25, 0.3) is 0 Å². The summed E-state index contributed by atoms with van der Waals surface area (Å²) in [5, 5.41) is 0.0719. The van der Waals surface area contributed by atoms with Gasteiger partial charge in [-0.3, -0.25) is 0 Å². The van der Waals surface area contributed by atoms with Crippen LogP contribution < -0.4 is 9.47 Å². The minimum atomic E-state index is -3.88. The summed E-state index contributed by atoms with van der Waals surface area (Å²) in [5.74, 6) is -0.0528. The van der Waals surface area contributed by atoms with Gasteiger partial charge in [0, 0.05) is 18.1 Å². The topological polar surface area (TPSA) is 55.8 Å². The van der Waals surface area contributed by atoms with Crippen molar-refractivity contribution in [2.24, 2.45) is 0 Å². The normalized spacial score (nSPS) is 11.8. The van der Waals surface area contributed by atoms with E-state index < -0.39 is 16.6 Å². The first-order valence-electron chi connectivity index (χ1n) is 7.18. The van der Waals surface area contributed by atoms with Crippen molar-refractivity contribution in [3.63, 3.8) is 0 Å². The molecule has 0 atom stereocenters. The van der Waals surface area contributed by atoms with Gasteiger partial charge in [0.05, 0.1) is 12.1 Å². The van der Waals surface area contributed by atoms with Crippen molar-refractivity contribution in [3.8, 4) is 11.5 Å². The van der Waals surface area contributed by atoms with Gasteiger partial charge in [-0.1, -0.05) is 33.6 Å². The van der Waals surface area contributed by atoms with E-state index in [2.05, 4.69) is 20.7 Å². The van der Waals surface area contributed by atoms with Crippen LogP contribution in [0.5, 0.6) is 11.5 Å². The molecule has 0 N–H and O–H groups in total. The number of rotatable bonds is 7. The van der Waals surface area contributed by atoms with E-state index in [1.54, 1.807) is 12.1 Å². The summed E-state index contributed by atoms with van der Waals surface area (Å²) in [7, 11) is -1.19. The molecule has 2 rings (SSSR count). The van der Waals surface area contributed by atoms with E-state index in [4.69, 9.17) is 16.3 Å². The number of halogens is 4. The molecule has 0 saturated carbocycles. The van der Waals surface area contributed by atoms with Crippen LogP contribution in [0.3, 0.4) is 0 Å². The fourth-order valence-corrected chi connectivity index (χ4v) is 4.37. The summed E-state index contributed by atoms with van der Waals surface area (Å²) in [6.45, 7) is -3.10. The molecule has 0 amide bonds. The summed E-state index contributed by atoms with van der Waals surface area (Å²) < 4.78 is 61.5. The van der Waals surface area contributed by atoms with Gasteiger partial charge in [0.2, 0.25) is 10.0 Å². The molecule has 0 spiro atoms. The van der Waals surface area contributed by atoms with E-state index in [-0.39, 0.29) is 28.0 Å². The van der Waals surface area contributed by atoms with E-state index >= 15 is 0 Å². The zero-order valence-corrected chi connectivity index (χ0v) is 16.9. The number of alkyl halides is 2. The number of hydrogen-bond donors (Lipinski definition) is 0. The first kappa shape index (κ1) is 20.9. The molecule has 0 radical (unpaired) electrons. The van der Waals surface area contributed by atoms with Gasteiger partial charge < -0.3 is 9.47 Å². The van der Waals surface area contributed by atoms with Gasteiger partial charge in [0.15, 0.2) is 11.5 Å². The van der Waals surface area contributed by atoms with Crippen LogP contribution >= 0.6 is 27.5 Å². The number of sulfonamides is 1. The maximum atomic E-state index is 12.7. The first-order chi connectivity index (χ1) is 12.1. The standard InChI is InChI=1S/C16H15BrClF2NO4S/c1-21(26(22,23)15-6-4-11(17)8-12(15)18)9-10-3-5-13(24-2)14(7-10)25-16(19)20/h3-8,16H,9H2,1-2H3. The predicted octanol–water partition coefficient (Wildman–Crippen LogP) is 4.53. The lowest BCUT2D eigenvalue weighted by molar-refractivity contribution is -0.0512. The number of nitrogens with zero attached hydrogens (tertiary/aromatic N) is 1. The highest BCUT2D eigenvalue weighted by atomic mass is 79.9. The van der Waals surface area contributed by atoms with Gasteiger partial charge in [0.1, 0.15) is 4.90 Å². The third-order valence-electron chi connectivity index (χ3n) is 3.43. The summed E-state index contributed by atoms with van der Waals surface area (Å²) in [6.07, 6.45) is 0. The summed E-state index contributed by atoms with van der Waals surface area (Å²) in [6, 6.07) is 8.73. The molecule has 0 aliphatic heterocycles. The maximum absolute atomic E-state index is 12.7. The Morgan fingerprint density at radius 2 is 1.88 bits per heavy atom. The monoisotopic (exact) mass is 469 g/mol. The molecule has 10 heteroatoms. The van der Waals surface area contributed by atoms with Gasteiger partial charge in [-0.15, -0.1) is 0 Å². The van der Waals surface area contributed by atoms with Crippen molar-refractivity contribution >= 4 is 37.6 Å². The molecule has 0 heterocycles. The van der Waals surface area contributed by atoms with Crippen LogP contribution in [0, 0.1) is 0 Å². The Kier molecular flexibility index (Phi) is 6.84. The number of ether oxygens (including phenoxy) is 2. The van der Waals surface area contributed by atoms with E-state index in [9.17, 15) is 17.2 Å². The molecule has 0 fully saturated rings. The highest BCUT2D eigenvalue weighted by Crippen LogP contribution is 2.31. The van der Waals surface area contributed by atoms with Crippen LogP contribution in [0.2, 0.25) is 5.02 Å². The molecule has 0 unspecified atom stereocenters. The largest absolute Gasteiger partial charge is 0.493 e. The lowest BCUT2D eigenvalue weighted by atomic mass is 10.2. The van der Waals surface area contributed by atoms with E-state index in [1.165, 1.54) is 38.4 Å². The van der Waals surface area contributed by atoms with Crippen molar-refractivity contribution in [2.75, 3.05) is 14.2 Å². The zero-order chi connectivity index (χ0) is 19.5. The molecule has 0 aliphatic rings. The van der Waals surface area contributed by atoms with E-state index in [1.807, 2.05) is 0 Å². The summed E-state index contributed by atoms with van der Waals surface area (Å²) >= 11 is 9.24. The van der Waals surface area contributed by atoms with Gasteiger partial charge >= 0.3 is 6.61 Å². The Labute approximate surface area is 163 Å². The highest BCUT2D eigenvalue weighted by Gasteiger charge is 2.24. The van der Waals surface area contributed by atoms with Gasteiger partial charge in [-0.05, 0) is 35.9 Å². The minimum Gasteiger partial charge on any atom is -0.493 e. The molecule has 26 heavy (non-hydrogen) atoms. The molecule has 0 saturated heterocycles. The molecule has 5 nitrogen and oxygen atoms in total. The van der Waals surface area contributed by atoms with Crippen molar-refractivity contribution in [1.29, 1.82) is 0 Å². The van der Waals surface area contributed by atoms with Crippen molar-refractivity contribution in [1.82, 2.24) is 4.31 Å². The third-order valence-corrected chi connectivity index (χ3v) is 6.21. The van der Waals surface area contributed by atoms with Crippen LogP contribution in [0.4, 0.5) is 8.78 Å². The second-order valence-corrected chi connectivity index (χ2v) is 8.54. The fourth-order valence-electron chi connectivity index (χ4n) is 2.20. The average Bonchev–Trinajstić information content (AvgIpc) is 2.54. The molecule has 2 aromatic carbocycles. The smallest absolute Gasteiger partial charge is 0.387 e. The average molecular weight is 471 g/mol. The lowest BCUT2D eigenvalue weighted by Crippen LogP contribution is -2.26. The van der Waals surface area contributed by atoms with Crippen molar-refractivity contribution in [2.45, 2.75) is 18.1 Å². The van der Waals surface area contributed by atoms with Gasteiger partial charge in [0.25, 0.3) is 0 Å². The molecule has 0 aliphatic carbocycles. The maximum Gasteiger partial charge on any atom is 0.387 e. The first-order valence-corrected chi connectivity index (χ1v) is 9.79. The number of benzene rings is 2. The second kappa shape index (κ2) is 8.51. The number of hydrogen-bond acceptors (Lipinski definition) is 4. The predicted molar refractivity (Wildman–Crippen MR) is 97.4 cm³/mol. The minimum absolute atomic E-state index is 0.0533. The van der Waals surface area contributed by atoms with Crippen LogP contribution in [0.15, 0.2) is 45.8 Å². The zero-order valence-electron chi connectivity index (χ0n) is 13.7. The Hall–Kier alpha value is -1.42. The molecule has 142 valence electrons. The Morgan fingerprint density at radius 1 is 1.19 bits per heavy atom. The molecular formula is C16H15BrClF2NO4S. The van der Waals surface area contributed by atoms with Crippen LogP contribution in [-0.4, -0.2) is 33.5 Å². The third kappa shape index (κ3) is 4.85. The molecule has 2 aromatic rings. The SMILES string of the molecule is COc1ccc(CN(C)S(=O)(=O)c2ccc(Br)cc2Cl)cc1OC(F)F. The van der Waals surface area contributed by atoms with Crippen molar-refractivity contribution in [3.05, 3.63) is 51.5 Å². The lowest BCUT2D eigenvalue weighted by Gasteiger charge is -2.19. The summed E-state index contributed by atoms with van der Waals surface area (Å²) in [5.41, 5.74) is 0.445. The van der Waals surface area contributed by atoms with Gasteiger partial charge in [-0.25, -0.2) is 8.42 Å². The Bertz CT molecular complexity index is 896. The Morgan fingerprint density at radius 3 is 2.46 bits per heavy atom. The fraction of sp³-hybridized carbons (Fsp3) is 0.250. The van der Waals surface area contributed by atoms with E-state index in [0.717, 1.165) is 4.31 Å². The molecule has 0 aromatic heterocycles. The number of methoxy groups -OCH3 is 1. The van der Waals surface area contributed by atoms with E-state index in [0.29, 0.717) is 10.0 Å². The van der Waals surface area contributed by atoms with Crippen LogP contribution in [0.1, 0.15) is 5.56 Å².